The second-order valence-electron chi connectivity index (χ2n) is 6.07. The van der Waals surface area contributed by atoms with E-state index in [-0.39, 0.29) is 17.8 Å². The molecule has 1 heterocycles. The summed E-state index contributed by atoms with van der Waals surface area (Å²) in [6.45, 7) is 1.90. The number of aromatic nitrogens is 3. The second kappa shape index (κ2) is 9.84. The van der Waals surface area contributed by atoms with Gasteiger partial charge in [-0.3, -0.25) is 4.79 Å². The first kappa shape index (κ1) is 22.0. The van der Waals surface area contributed by atoms with Crippen molar-refractivity contribution >= 4 is 62.5 Å². The van der Waals surface area contributed by atoms with Gasteiger partial charge in [0.05, 0.1) is 16.5 Å². The Kier molecular flexibility index (Phi) is 7.45. The van der Waals surface area contributed by atoms with E-state index < -0.39 is 0 Å². The monoisotopic (exact) mass is 514 g/mol. The predicted molar refractivity (Wildman–Crippen MR) is 120 cm³/mol. The Morgan fingerprint density at radius 2 is 1.97 bits per heavy atom. The van der Waals surface area contributed by atoms with Gasteiger partial charge < -0.3 is 14.6 Å². The maximum atomic E-state index is 12.3. The van der Waals surface area contributed by atoms with E-state index in [1.807, 2.05) is 42.8 Å². The number of thioether (sulfide) groups is 1. The number of amides is 1. The summed E-state index contributed by atoms with van der Waals surface area (Å²) in [4.78, 5) is 12.3. The summed E-state index contributed by atoms with van der Waals surface area (Å²) < 4.78 is 8.71. The van der Waals surface area contributed by atoms with Crippen LogP contribution in [0.1, 0.15) is 18.9 Å². The quantitative estimate of drug-likeness (QED) is 0.405. The number of ether oxygens (including phenoxy) is 1. The van der Waals surface area contributed by atoms with Crippen LogP contribution in [0.25, 0.3) is 0 Å². The number of carbonyl (C=O) groups is 1. The molecule has 1 unspecified atom stereocenters. The molecule has 0 saturated carbocycles. The van der Waals surface area contributed by atoms with Crippen molar-refractivity contribution in [2.45, 2.75) is 18.2 Å². The maximum absolute atomic E-state index is 12.3. The van der Waals surface area contributed by atoms with Crippen LogP contribution in [0.2, 0.25) is 10.0 Å². The lowest BCUT2D eigenvalue weighted by molar-refractivity contribution is -0.113. The fourth-order valence-electron chi connectivity index (χ4n) is 2.49. The summed E-state index contributed by atoms with van der Waals surface area (Å²) in [6.07, 6.45) is -0.304. The van der Waals surface area contributed by atoms with E-state index in [2.05, 4.69) is 31.4 Å². The van der Waals surface area contributed by atoms with Gasteiger partial charge >= 0.3 is 0 Å². The van der Waals surface area contributed by atoms with Gasteiger partial charge in [-0.25, -0.2) is 0 Å². The Bertz CT molecular complexity index is 1010. The molecule has 0 aliphatic carbocycles. The topological polar surface area (TPSA) is 69.0 Å². The molecule has 0 aliphatic rings. The van der Waals surface area contributed by atoms with E-state index in [1.54, 1.807) is 18.2 Å². The van der Waals surface area contributed by atoms with E-state index in [0.717, 1.165) is 10.2 Å². The van der Waals surface area contributed by atoms with E-state index in [1.165, 1.54) is 11.8 Å². The molecule has 6 nitrogen and oxygen atoms in total. The molecule has 3 rings (SSSR count). The number of benzene rings is 2. The number of nitrogens with one attached hydrogen (secondary N) is 1. The Balaban J connectivity index is 1.59. The van der Waals surface area contributed by atoms with Crippen molar-refractivity contribution in [3.05, 3.63) is 62.8 Å². The van der Waals surface area contributed by atoms with Crippen molar-refractivity contribution < 1.29 is 9.53 Å². The molecular weight excluding hydrogens is 499 g/mol. The highest BCUT2D eigenvalue weighted by Crippen LogP contribution is 2.27. The fraction of sp³-hybridized carbons (Fsp3) is 0.211. The molecule has 29 heavy (non-hydrogen) atoms. The van der Waals surface area contributed by atoms with Crippen LogP contribution in [-0.4, -0.2) is 26.4 Å². The normalized spacial score (nSPS) is 11.9. The average Bonchev–Trinajstić information content (AvgIpc) is 3.05. The van der Waals surface area contributed by atoms with E-state index in [9.17, 15) is 4.79 Å². The van der Waals surface area contributed by atoms with Crippen molar-refractivity contribution in [1.29, 1.82) is 0 Å². The number of carbonyl (C=O) groups excluding carboxylic acids is 1. The molecule has 0 bridgehead atoms. The van der Waals surface area contributed by atoms with Crippen LogP contribution < -0.4 is 10.1 Å². The lowest BCUT2D eigenvalue weighted by Crippen LogP contribution is -2.15. The van der Waals surface area contributed by atoms with Crippen molar-refractivity contribution in [3.63, 3.8) is 0 Å². The molecule has 1 N–H and O–H groups in total. The van der Waals surface area contributed by atoms with Crippen LogP contribution in [0, 0.1) is 0 Å². The third kappa shape index (κ3) is 5.88. The first-order chi connectivity index (χ1) is 13.8. The molecule has 0 aliphatic heterocycles. The van der Waals surface area contributed by atoms with Gasteiger partial charge in [-0.1, -0.05) is 50.9 Å². The van der Waals surface area contributed by atoms with Crippen molar-refractivity contribution in [1.82, 2.24) is 14.8 Å². The molecular formula is C19H17BrCl2N4O2S. The lowest BCUT2D eigenvalue weighted by atomic mass is 10.3. The van der Waals surface area contributed by atoms with Crippen molar-refractivity contribution in [3.8, 4) is 5.75 Å². The van der Waals surface area contributed by atoms with Gasteiger partial charge in [0.25, 0.3) is 0 Å². The second-order valence-corrected chi connectivity index (χ2v) is 8.78. The zero-order valence-electron chi connectivity index (χ0n) is 15.5. The summed E-state index contributed by atoms with van der Waals surface area (Å²) in [7, 11) is 1.84. The summed E-state index contributed by atoms with van der Waals surface area (Å²) in [5.74, 6) is 1.32. The standard InChI is InChI=1S/C19H17BrCl2N4O2S/c1-11(28-14-6-3-12(20)4-7-14)18-24-25-19(26(18)2)29-10-17(27)23-16-9-13(21)5-8-15(16)22/h3-9,11H,10H2,1-2H3,(H,23,27). The summed E-state index contributed by atoms with van der Waals surface area (Å²) >= 11 is 16.7. The van der Waals surface area contributed by atoms with E-state index in [0.29, 0.717) is 26.7 Å². The number of halogens is 3. The van der Waals surface area contributed by atoms with Gasteiger partial charge in [-0.2, -0.15) is 0 Å². The molecule has 1 amide bonds. The maximum Gasteiger partial charge on any atom is 0.234 e. The molecule has 0 saturated heterocycles. The van der Waals surface area contributed by atoms with E-state index in [4.69, 9.17) is 27.9 Å². The fourth-order valence-corrected chi connectivity index (χ4v) is 3.80. The summed E-state index contributed by atoms with van der Waals surface area (Å²) in [6, 6.07) is 12.5. The Morgan fingerprint density at radius 1 is 1.24 bits per heavy atom. The SMILES string of the molecule is CC(Oc1ccc(Br)cc1)c1nnc(SCC(=O)Nc2cc(Cl)ccc2Cl)n1C. The van der Waals surface area contributed by atoms with Crippen LogP contribution in [0.3, 0.4) is 0 Å². The number of nitrogens with zero attached hydrogens (tertiary/aromatic N) is 3. The number of hydrogen-bond acceptors (Lipinski definition) is 5. The minimum Gasteiger partial charge on any atom is -0.483 e. The molecule has 3 aromatic rings. The largest absolute Gasteiger partial charge is 0.483 e. The smallest absolute Gasteiger partial charge is 0.234 e. The van der Waals surface area contributed by atoms with Gasteiger partial charge in [-0.05, 0) is 49.4 Å². The van der Waals surface area contributed by atoms with Crippen molar-refractivity contribution in [2.24, 2.45) is 7.05 Å². The third-order valence-corrected chi connectivity index (χ3v) is 6.01. The van der Waals surface area contributed by atoms with Crippen LogP contribution in [0.15, 0.2) is 52.1 Å². The molecule has 0 spiro atoms. The molecule has 0 radical (unpaired) electrons. The van der Waals surface area contributed by atoms with Crippen LogP contribution in [0.4, 0.5) is 5.69 Å². The van der Waals surface area contributed by atoms with Crippen LogP contribution in [-0.2, 0) is 11.8 Å². The molecule has 10 heteroatoms. The summed E-state index contributed by atoms with van der Waals surface area (Å²) in [5.41, 5.74) is 0.472. The molecule has 152 valence electrons. The Morgan fingerprint density at radius 3 is 2.69 bits per heavy atom. The predicted octanol–water partition coefficient (Wildman–Crippen LogP) is 5.76. The van der Waals surface area contributed by atoms with E-state index >= 15 is 0 Å². The van der Waals surface area contributed by atoms with Gasteiger partial charge in [0.15, 0.2) is 17.1 Å². The van der Waals surface area contributed by atoms with Crippen LogP contribution >= 0.6 is 50.9 Å². The van der Waals surface area contributed by atoms with Crippen molar-refractivity contribution in [2.75, 3.05) is 11.1 Å². The van der Waals surface area contributed by atoms with Gasteiger partial charge in [-0.15, -0.1) is 10.2 Å². The zero-order valence-corrected chi connectivity index (χ0v) is 19.4. The first-order valence-electron chi connectivity index (χ1n) is 8.52. The summed E-state index contributed by atoms with van der Waals surface area (Å²) in [5, 5.41) is 12.6. The first-order valence-corrected chi connectivity index (χ1v) is 11.1. The Labute approximate surface area is 191 Å². The van der Waals surface area contributed by atoms with Gasteiger partial charge in [0.2, 0.25) is 5.91 Å². The number of anilines is 1. The lowest BCUT2D eigenvalue weighted by Gasteiger charge is -2.14. The molecule has 0 fully saturated rings. The highest BCUT2D eigenvalue weighted by molar-refractivity contribution is 9.10. The minimum atomic E-state index is -0.304. The minimum absolute atomic E-state index is 0.150. The van der Waals surface area contributed by atoms with Crippen LogP contribution in [0.5, 0.6) is 5.75 Å². The average molecular weight is 516 g/mol. The third-order valence-electron chi connectivity index (χ3n) is 3.89. The highest BCUT2D eigenvalue weighted by atomic mass is 79.9. The number of rotatable bonds is 7. The molecule has 1 aromatic heterocycles. The van der Waals surface area contributed by atoms with Gasteiger partial charge in [0, 0.05) is 16.5 Å². The Hall–Kier alpha value is -1.74. The molecule has 2 aromatic carbocycles. The molecule has 1 atom stereocenters. The highest BCUT2D eigenvalue weighted by Gasteiger charge is 2.18. The zero-order chi connectivity index (χ0) is 21.0. The number of hydrogen-bond donors (Lipinski definition) is 1. The van der Waals surface area contributed by atoms with Gasteiger partial charge in [0.1, 0.15) is 5.75 Å².